The van der Waals surface area contributed by atoms with Crippen LogP contribution >= 0.6 is 0 Å². The summed E-state index contributed by atoms with van der Waals surface area (Å²) in [6.45, 7) is 4.39. The fraction of sp³-hybridized carbons (Fsp3) is 0.118. The molecule has 2 aliphatic rings. The molecule has 0 saturated carbocycles. The Hall–Kier alpha value is -4.30. The van der Waals surface area contributed by atoms with Crippen LogP contribution in [-0.2, 0) is 0 Å². The molecule has 3 aromatic carbocycles. The second-order valence-electron chi connectivity index (χ2n) is 10.00. The van der Waals surface area contributed by atoms with Gasteiger partial charge in [0.25, 0.3) is 11.7 Å². The highest BCUT2D eigenvalue weighted by molar-refractivity contribution is 5.73. The average molecular weight is 465 g/mol. The van der Waals surface area contributed by atoms with E-state index in [0.29, 0.717) is 5.92 Å². The van der Waals surface area contributed by atoms with E-state index >= 15 is 0 Å². The minimum atomic E-state index is 0.271. The van der Waals surface area contributed by atoms with Crippen molar-refractivity contribution in [1.29, 1.82) is 0 Å². The quantitative estimate of drug-likeness (QED) is 0.252. The number of pyridine rings is 2. The van der Waals surface area contributed by atoms with Crippen molar-refractivity contribution in [3.63, 3.8) is 0 Å². The first-order valence-corrected chi connectivity index (χ1v) is 12.7. The number of hydrogen-bond acceptors (Lipinski definition) is 0. The van der Waals surface area contributed by atoms with Crippen molar-refractivity contribution in [1.82, 2.24) is 0 Å². The van der Waals surface area contributed by atoms with E-state index in [0.717, 1.165) is 0 Å². The summed E-state index contributed by atoms with van der Waals surface area (Å²) in [6.07, 6.45) is 6.97. The number of aromatic nitrogens is 2. The summed E-state index contributed by atoms with van der Waals surface area (Å²) in [7, 11) is 0. The zero-order valence-corrected chi connectivity index (χ0v) is 20.6. The fourth-order valence-corrected chi connectivity index (χ4v) is 6.03. The highest BCUT2D eigenvalue weighted by atomic mass is 15.1. The monoisotopic (exact) mass is 464 g/mol. The maximum absolute atomic E-state index is 2.46. The number of hydrogen-bond donors (Lipinski definition) is 0. The second kappa shape index (κ2) is 8.13. The van der Waals surface area contributed by atoms with Gasteiger partial charge in [-0.15, -0.1) is 0 Å². The second-order valence-corrected chi connectivity index (χ2v) is 10.00. The molecule has 36 heavy (non-hydrogen) atoms. The van der Waals surface area contributed by atoms with Crippen LogP contribution in [-0.4, -0.2) is 0 Å². The van der Waals surface area contributed by atoms with Crippen molar-refractivity contribution in [2.75, 3.05) is 0 Å². The van der Waals surface area contributed by atoms with Crippen LogP contribution in [0.1, 0.15) is 28.7 Å². The maximum Gasteiger partial charge on any atom is 0.254 e. The summed E-state index contributed by atoms with van der Waals surface area (Å²) >= 11 is 0. The third-order valence-corrected chi connectivity index (χ3v) is 7.78. The van der Waals surface area contributed by atoms with Crippen LogP contribution in [0.5, 0.6) is 0 Å². The summed E-state index contributed by atoms with van der Waals surface area (Å²) in [6, 6.07) is 37.8. The Kier molecular flexibility index (Phi) is 4.75. The van der Waals surface area contributed by atoms with Crippen molar-refractivity contribution >= 4 is 5.70 Å². The van der Waals surface area contributed by atoms with Gasteiger partial charge in [-0.05, 0) is 54.3 Å². The molecule has 1 aliphatic carbocycles. The lowest BCUT2D eigenvalue weighted by molar-refractivity contribution is -0.731. The number of allylic oxidation sites excluding steroid dienone is 2. The Morgan fingerprint density at radius 3 is 2.28 bits per heavy atom. The molecule has 2 unspecified atom stereocenters. The van der Waals surface area contributed by atoms with E-state index < -0.39 is 0 Å². The molecule has 172 valence electrons. The predicted octanol–water partition coefficient (Wildman–Crippen LogP) is 7.07. The van der Waals surface area contributed by atoms with Crippen molar-refractivity contribution in [3.8, 4) is 33.6 Å². The van der Waals surface area contributed by atoms with Gasteiger partial charge >= 0.3 is 0 Å². The Labute approximate surface area is 212 Å². The van der Waals surface area contributed by atoms with Crippen molar-refractivity contribution < 1.29 is 9.13 Å². The lowest BCUT2D eigenvalue weighted by Crippen LogP contribution is -2.57. The Morgan fingerprint density at radius 1 is 0.611 bits per heavy atom. The topological polar surface area (TPSA) is 7.76 Å². The van der Waals surface area contributed by atoms with Gasteiger partial charge in [0.2, 0.25) is 11.4 Å². The Balaban J connectivity index is 1.44. The molecular weight excluding hydrogens is 436 g/mol. The number of rotatable bonds is 3. The summed E-state index contributed by atoms with van der Waals surface area (Å²) in [5, 5.41) is 0. The van der Waals surface area contributed by atoms with E-state index in [9.17, 15) is 0 Å². The van der Waals surface area contributed by atoms with Gasteiger partial charge in [-0.1, -0.05) is 66.2 Å². The molecular formula is C34H28N2+2. The Morgan fingerprint density at radius 2 is 1.42 bits per heavy atom. The van der Waals surface area contributed by atoms with E-state index in [1.807, 2.05) is 0 Å². The molecule has 2 aromatic heterocycles. The Bertz CT molecular complexity index is 1660. The molecule has 2 heteroatoms. The molecule has 0 saturated heterocycles. The lowest BCUT2D eigenvalue weighted by Gasteiger charge is -2.33. The van der Waals surface area contributed by atoms with Gasteiger partial charge in [-0.25, -0.2) is 0 Å². The molecule has 0 spiro atoms. The zero-order chi connectivity index (χ0) is 24.2. The van der Waals surface area contributed by atoms with Crippen LogP contribution in [0.3, 0.4) is 0 Å². The van der Waals surface area contributed by atoms with Crippen molar-refractivity contribution in [2.24, 2.45) is 0 Å². The van der Waals surface area contributed by atoms with Crippen LogP contribution in [0.25, 0.3) is 39.3 Å². The highest BCUT2D eigenvalue weighted by Crippen LogP contribution is 2.49. The summed E-state index contributed by atoms with van der Waals surface area (Å²) < 4.78 is 4.88. The molecule has 0 amide bonds. The van der Waals surface area contributed by atoms with Crippen molar-refractivity contribution in [2.45, 2.75) is 25.8 Å². The fourth-order valence-electron chi connectivity index (χ4n) is 6.03. The van der Waals surface area contributed by atoms with Crippen molar-refractivity contribution in [3.05, 3.63) is 138 Å². The van der Waals surface area contributed by atoms with Gasteiger partial charge in [0.1, 0.15) is 0 Å². The van der Waals surface area contributed by atoms with Gasteiger partial charge in [0, 0.05) is 35.9 Å². The number of nitrogens with zero attached hydrogens (tertiary/aromatic N) is 2. The van der Waals surface area contributed by atoms with Crippen LogP contribution in [0, 0.1) is 13.8 Å². The molecule has 0 fully saturated rings. The number of aryl methyl sites for hydroxylation is 2. The molecule has 7 rings (SSSR count). The average Bonchev–Trinajstić information content (AvgIpc) is 2.89. The standard InChI is InChI=1S/C34H28N2/c1-23-15-16-27(24(2)20-23)32-21-26(25-10-4-3-5-11-25)17-19-35(32)33-22-30-28-12-6-7-13-29(28)31-14-8-9-18-36(31)34(30)33/h3-22,30,34H,1-2H3/q+2. The molecule has 0 radical (unpaired) electrons. The number of benzene rings is 3. The maximum atomic E-state index is 2.46. The summed E-state index contributed by atoms with van der Waals surface area (Å²) in [5.74, 6) is 0.379. The van der Waals surface area contributed by atoms with Crippen LogP contribution in [0.4, 0.5) is 0 Å². The molecule has 0 bridgehead atoms. The smallest absolute Gasteiger partial charge is 0.184 e. The van der Waals surface area contributed by atoms with Gasteiger partial charge in [0.15, 0.2) is 12.4 Å². The molecule has 0 N–H and O–H groups in total. The van der Waals surface area contributed by atoms with E-state index in [2.05, 4.69) is 145 Å². The number of fused-ring (bicyclic) bond motifs is 6. The minimum Gasteiger partial charge on any atom is -0.184 e. The first-order valence-electron chi connectivity index (χ1n) is 12.7. The van der Waals surface area contributed by atoms with E-state index in [1.54, 1.807) is 0 Å². The minimum absolute atomic E-state index is 0.271. The molecule has 5 aromatic rings. The molecule has 3 heterocycles. The van der Waals surface area contributed by atoms with Crippen LogP contribution < -0.4 is 9.13 Å². The molecule has 2 atom stereocenters. The highest BCUT2D eigenvalue weighted by Gasteiger charge is 2.53. The van der Waals surface area contributed by atoms with E-state index in [4.69, 9.17) is 0 Å². The SMILES string of the molecule is Cc1ccc(-c2cc(-c3ccccc3)cc[n+]2C2=CC3c4ccccc4-c4cccc[n+]4C23)c(C)c1. The lowest BCUT2D eigenvalue weighted by atomic mass is 9.74. The zero-order valence-electron chi connectivity index (χ0n) is 20.6. The normalized spacial score (nSPS) is 17.3. The summed E-state index contributed by atoms with van der Waals surface area (Å²) in [5.41, 5.74) is 13.0. The van der Waals surface area contributed by atoms with E-state index in [-0.39, 0.29) is 6.04 Å². The van der Waals surface area contributed by atoms with Crippen LogP contribution in [0.15, 0.2) is 122 Å². The molecule has 2 nitrogen and oxygen atoms in total. The largest absolute Gasteiger partial charge is 0.254 e. The van der Waals surface area contributed by atoms with Gasteiger partial charge in [-0.2, -0.15) is 9.13 Å². The van der Waals surface area contributed by atoms with Gasteiger partial charge in [-0.3, -0.25) is 0 Å². The van der Waals surface area contributed by atoms with Gasteiger partial charge in [0.05, 0.1) is 11.5 Å². The third kappa shape index (κ3) is 3.18. The summed E-state index contributed by atoms with van der Waals surface area (Å²) in [4.78, 5) is 0. The van der Waals surface area contributed by atoms with Crippen LogP contribution in [0.2, 0.25) is 0 Å². The van der Waals surface area contributed by atoms with Gasteiger partial charge < -0.3 is 0 Å². The third-order valence-electron chi connectivity index (χ3n) is 7.78. The molecule has 1 aliphatic heterocycles. The first kappa shape index (κ1) is 21.0. The van der Waals surface area contributed by atoms with E-state index in [1.165, 1.54) is 56.0 Å². The first-order chi connectivity index (χ1) is 17.7. The predicted molar refractivity (Wildman–Crippen MR) is 145 cm³/mol.